The van der Waals surface area contributed by atoms with Crippen LogP contribution in [-0.2, 0) is 11.8 Å². The summed E-state index contributed by atoms with van der Waals surface area (Å²) in [7, 11) is 1.96. The highest BCUT2D eigenvalue weighted by atomic mass is 16.5. The van der Waals surface area contributed by atoms with Crippen LogP contribution in [-0.4, -0.2) is 45.8 Å². The van der Waals surface area contributed by atoms with Gasteiger partial charge in [-0.1, -0.05) is 12.8 Å². The van der Waals surface area contributed by atoms with Gasteiger partial charge in [0, 0.05) is 30.2 Å². The zero-order valence-electron chi connectivity index (χ0n) is 14.3. The van der Waals surface area contributed by atoms with E-state index >= 15 is 0 Å². The van der Waals surface area contributed by atoms with Crippen LogP contribution in [0.2, 0.25) is 0 Å². The number of benzene rings is 1. The van der Waals surface area contributed by atoms with E-state index in [1.54, 1.807) is 12.1 Å². The number of carbonyl (C=O) groups is 1. The summed E-state index contributed by atoms with van der Waals surface area (Å²) in [6, 6.07) is 5.23. The largest absolute Gasteiger partial charge is 0.508 e. The lowest BCUT2D eigenvalue weighted by Gasteiger charge is -2.40. The number of morpholine rings is 1. The van der Waals surface area contributed by atoms with Crippen molar-refractivity contribution in [2.24, 2.45) is 7.05 Å². The third-order valence-corrected chi connectivity index (χ3v) is 5.74. The molecule has 1 aromatic heterocycles. The van der Waals surface area contributed by atoms with Crippen LogP contribution in [0.4, 0.5) is 0 Å². The van der Waals surface area contributed by atoms with Gasteiger partial charge in [0.25, 0.3) is 5.91 Å². The van der Waals surface area contributed by atoms with Gasteiger partial charge in [0.2, 0.25) is 0 Å². The van der Waals surface area contributed by atoms with Crippen LogP contribution >= 0.6 is 0 Å². The second-order valence-electron chi connectivity index (χ2n) is 7.19. The molecule has 5 nitrogen and oxygen atoms in total. The Morgan fingerprint density at radius 3 is 2.79 bits per heavy atom. The van der Waals surface area contributed by atoms with Crippen molar-refractivity contribution in [3.05, 3.63) is 29.5 Å². The highest BCUT2D eigenvalue weighted by Crippen LogP contribution is 2.37. The summed E-state index contributed by atoms with van der Waals surface area (Å²) in [5, 5.41) is 10.7. The van der Waals surface area contributed by atoms with Crippen LogP contribution in [0.1, 0.15) is 41.7 Å². The van der Waals surface area contributed by atoms with E-state index in [-0.39, 0.29) is 17.3 Å². The van der Waals surface area contributed by atoms with E-state index in [0.29, 0.717) is 25.3 Å². The van der Waals surface area contributed by atoms with E-state index in [0.717, 1.165) is 29.4 Å². The van der Waals surface area contributed by atoms with Gasteiger partial charge in [-0.25, -0.2) is 0 Å². The lowest BCUT2D eigenvalue weighted by Crippen LogP contribution is -2.52. The first-order valence-electron chi connectivity index (χ1n) is 8.72. The molecule has 5 heteroatoms. The molecule has 1 amide bonds. The van der Waals surface area contributed by atoms with Gasteiger partial charge in [0.15, 0.2) is 0 Å². The van der Waals surface area contributed by atoms with Gasteiger partial charge in [-0.2, -0.15) is 0 Å². The minimum absolute atomic E-state index is 0.0540. The fourth-order valence-corrected chi connectivity index (χ4v) is 4.33. The molecule has 1 spiro atoms. The first kappa shape index (κ1) is 15.5. The summed E-state index contributed by atoms with van der Waals surface area (Å²) >= 11 is 0. The maximum absolute atomic E-state index is 13.3. The molecule has 24 heavy (non-hydrogen) atoms. The monoisotopic (exact) mass is 328 g/mol. The lowest BCUT2D eigenvalue weighted by molar-refractivity contribution is -0.0948. The molecule has 2 heterocycles. The molecule has 1 aliphatic carbocycles. The van der Waals surface area contributed by atoms with Gasteiger partial charge in [-0.15, -0.1) is 0 Å². The molecule has 2 aliphatic rings. The fraction of sp³-hybridized carbons (Fsp3) is 0.526. The number of fused-ring (bicyclic) bond motifs is 1. The molecule has 0 atom stereocenters. The normalized spacial score (nSPS) is 20.2. The Hall–Kier alpha value is -2.01. The van der Waals surface area contributed by atoms with Crippen molar-refractivity contribution in [3.8, 4) is 5.75 Å². The molecule has 1 saturated carbocycles. The molecule has 1 saturated heterocycles. The third-order valence-electron chi connectivity index (χ3n) is 5.74. The second-order valence-corrected chi connectivity index (χ2v) is 7.19. The molecule has 2 fully saturated rings. The summed E-state index contributed by atoms with van der Waals surface area (Å²) in [6.07, 6.45) is 4.46. The van der Waals surface area contributed by atoms with Crippen molar-refractivity contribution >= 4 is 16.8 Å². The number of amides is 1. The van der Waals surface area contributed by atoms with Crippen LogP contribution < -0.4 is 0 Å². The van der Waals surface area contributed by atoms with Gasteiger partial charge >= 0.3 is 0 Å². The Bertz CT molecular complexity index is 803. The van der Waals surface area contributed by atoms with Gasteiger partial charge in [-0.3, -0.25) is 4.79 Å². The number of phenolic OH excluding ortho intramolecular Hbond substituents is 1. The number of aromatic nitrogens is 1. The van der Waals surface area contributed by atoms with Gasteiger partial charge in [0.1, 0.15) is 5.75 Å². The zero-order chi connectivity index (χ0) is 16.9. The number of hydrogen-bond acceptors (Lipinski definition) is 3. The van der Waals surface area contributed by atoms with Crippen LogP contribution in [0, 0.1) is 6.92 Å². The highest BCUT2D eigenvalue weighted by molar-refractivity contribution is 6.08. The second kappa shape index (κ2) is 5.52. The predicted molar refractivity (Wildman–Crippen MR) is 92.4 cm³/mol. The van der Waals surface area contributed by atoms with E-state index in [9.17, 15) is 9.90 Å². The highest BCUT2D eigenvalue weighted by Gasteiger charge is 2.41. The average molecular weight is 328 g/mol. The maximum Gasteiger partial charge on any atom is 0.256 e. The van der Waals surface area contributed by atoms with Crippen molar-refractivity contribution in [1.29, 1.82) is 0 Å². The summed E-state index contributed by atoms with van der Waals surface area (Å²) < 4.78 is 8.07. The van der Waals surface area contributed by atoms with Crippen molar-refractivity contribution < 1.29 is 14.6 Å². The molecule has 1 N–H and O–H groups in total. The van der Waals surface area contributed by atoms with Crippen molar-refractivity contribution in [3.63, 3.8) is 0 Å². The van der Waals surface area contributed by atoms with Crippen LogP contribution in [0.25, 0.3) is 10.9 Å². The van der Waals surface area contributed by atoms with Crippen LogP contribution in [0.3, 0.4) is 0 Å². The van der Waals surface area contributed by atoms with Gasteiger partial charge in [0.05, 0.1) is 24.3 Å². The smallest absolute Gasteiger partial charge is 0.256 e. The zero-order valence-corrected chi connectivity index (χ0v) is 14.3. The minimum Gasteiger partial charge on any atom is -0.508 e. The predicted octanol–water partition coefficient (Wildman–Crippen LogP) is 2.98. The summed E-state index contributed by atoms with van der Waals surface area (Å²) in [5.74, 6) is 0.245. The summed E-state index contributed by atoms with van der Waals surface area (Å²) in [6.45, 7) is 3.90. The topological polar surface area (TPSA) is 54.7 Å². The van der Waals surface area contributed by atoms with Gasteiger partial charge in [-0.05, 0) is 38.0 Å². The number of hydrogen-bond donors (Lipinski definition) is 1. The number of phenols is 1. The SMILES string of the molecule is Cc1c(C(=O)N2CCOC3(CCCC3)C2)c2cc(O)ccc2n1C. The molecule has 128 valence electrons. The number of carbonyl (C=O) groups excluding carboxylic acids is 1. The molecule has 0 radical (unpaired) electrons. The van der Waals surface area contributed by atoms with Crippen molar-refractivity contribution in [2.45, 2.75) is 38.2 Å². The van der Waals surface area contributed by atoms with E-state index < -0.39 is 0 Å². The van der Waals surface area contributed by atoms with E-state index in [2.05, 4.69) is 0 Å². The van der Waals surface area contributed by atoms with E-state index in [4.69, 9.17) is 4.74 Å². The number of aromatic hydroxyl groups is 1. The Balaban J connectivity index is 1.73. The molecule has 4 rings (SSSR count). The molecule has 1 aromatic carbocycles. The molecule has 1 aliphatic heterocycles. The Morgan fingerprint density at radius 2 is 2.04 bits per heavy atom. The molecule has 0 unspecified atom stereocenters. The number of rotatable bonds is 1. The summed E-state index contributed by atoms with van der Waals surface area (Å²) in [5.41, 5.74) is 2.48. The quantitative estimate of drug-likeness (QED) is 0.875. The molecular weight excluding hydrogens is 304 g/mol. The molecule has 0 bridgehead atoms. The number of ether oxygens (including phenoxy) is 1. The molecule has 2 aromatic rings. The van der Waals surface area contributed by atoms with Crippen molar-refractivity contribution in [2.75, 3.05) is 19.7 Å². The number of aryl methyl sites for hydroxylation is 1. The first-order valence-corrected chi connectivity index (χ1v) is 8.72. The summed E-state index contributed by atoms with van der Waals surface area (Å²) in [4.78, 5) is 15.2. The van der Waals surface area contributed by atoms with E-state index in [1.807, 2.05) is 29.5 Å². The molecular formula is C19H24N2O3. The lowest BCUT2D eigenvalue weighted by atomic mass is 9.98. The van der Waals surface area contributed by atoms with Crippen molar-refractivity contribution in [1.82, 2.24) is 9.47 Å². The first-order chi connectivity index (χ1) is 11.5. The standard InChI is InChI=1S/C19H24N2O3/c1-13-17(15-11-14(22)5-6-16(15)20(13)2)18(23)21-9-10-24-19(12-21)7-3-4-8-19/h5-6,11,22H,3-4,7-10,12H2,1-2H3. The maximum atomic E-state index is 13.3. The van der Waals surface area contributed by atoms with Crippen LogP contribution in [0.15, 0.2) is 18.2 Å². The Labute approximate surface area is 141 Å². The number of nitrogens with zero attached hydrogens (tertiary/aromatic N) is 2. The van der Waals surface area contributed by atoms with E-state index in [1.165, 1.54) is 12.8 Å². The fourth-order valence-electron chi connectivity index (χ4n) is 4.33. The van der Waals surface area contributed by atoms with Crippen LogP contribution in [0.5, 0.6) is 5.75 Å². The Morgan fingerprint density at radius 1 is 1.29 bits per heavy atom. The van der Waals surface area contributed by atoms with Gasteiger partial charge < -0.3 is 19.3 Å². The minimum atomic E-state index is -0.130. The Kier molecular flexibility index (Phi) is 3.57. The third kappa shape index (κ3) is 2.30. The average Bonchev–Trinajstić information content (AvgIpc) is 3.11.